The lowest BCUT2D eigenvalue weighted by Gasteiger charge is -2.04. The van der Waals surface area contributed by atoms with E-state index < -0.39 is 23.4 Å². The van der Waals surface area contributed by atoms with Gasteiger partial charge in [0.2, 0.25) is 0 Å². The van der Waals surface area contributed by atoms with Gasteiger partial charge in [-0.15, -0.1) is 0 Å². The van der Waals surface area contributed by atoms with Crippen LogP contribution >= 0.6 is 0 Å². The van der Waals surface area contributed by atoms with Crippen LogP contribution in [0.15, 0.2) is 21.7 Å². The summed E-state index contributed by atoms with van der Waals surface area (Å²) in [6.07, 6.45) is -2.57. The van der Waals surface area contributed by atoms with Gasteiger partial charge in [-0.05, 0) is 0 Å². The number of halogens is 1. The molecule has 0 aromatic carbocycles. The number of rotatable bonds is 2. The predicted molar refractivity (Wildman–Crippen MR) is 39.1 cm³/mol. The van der Waals surface area contributed by atoms with Crippen LogP contribution in [0.3, 0.4) is 0 Å². The number of carboxylic acids is 1. The van der Waals surface area contributed by atoms with Crippen molar-refractivity contribution in [2.24, 2.45) is 0 Å². The lowest BCUT2D eigenvalue weighted by Crippen LogP contribution is -2.33. The SMILES string of the molecule is O=C(O)C(F)n1[nH]c(=O)ccc1=O. The Morgan fingerprint density at radius 3 is 2.69 bits per heavy atom. The van der Waals surface area contributed by atoms with Gasteiger partial charge in [0.15, 0.2) is 0 Å². The second kappa shape index (κ2) is 3.21. The average Bonchev–Trinajstić information content (AvgIpc) is 2.08. The average molecular weight is 188 g/mol. The highest BCUT2D eigenvalue weighted by Gasteiger charge is 2.19. The molecule has 0 radical (unpaired) electrons. The molecule has 2 N–H and O–H groups in total. The molecule has 1 aromatic rings. The predicted octanol–water partition coefficient (Wildman–Crippen LogP) is -0.911. The van der Waals surface area contributed by atoms with Crippen molar-refractivity contribution in [3.63, 3.8) is 0 Å². The van der Waals surface area contributed by atoms with Crippen molar-refractivity contribution >= 4 is 5.97 Å². The Kier molecular flexibility index (Phi) is 2.27. The lowest BCUT2D eigenvalue weighted by atomic mass is 10.5. The van der Waals surface area contributed by atoms with Gasteiger partial charge < -0.3 is 5.11 Å². The first kappa shape index (κ1) is 9.17. The van der Waals surface area contributed by atoms with Crippen LogP contribution in [0, 0.1) is 0 Å². The summed E-state index contributed by atoms with van der Waals surface area (Å²) in [4.78, 5) is 31.5. The van der Waals surface area contributed by atoms with Crippen molar-refractivity contribution in [3.8, 4) is 0 Å². The molecule has 0 amide bonds. The van der Waals surface area contributed by atoms with Crippen LogP contribution in [0.5, 0.6) is 0 Å². The van der Waals surface area contributed by atoms with Crippen LogP contribution in [-0.4, -0.2) is 20.9 Å². The second-order valence-corrected chi connectivity index (χ2v) is 2.19. The van der Waals surface area contributed by atoms with E-state index >= 15 is 0 Å². The highest BCUT2D eigenvalue weighted by molar-refractivity contribution is 5.69. The molecular formula is C6H5FN2O4. The normalized spacial score (nSPS) is 12.4. The van der Waals surface area contributed by atoms with E-state index in [1.807, 2.05) is 0 Å². The Bertz CT molecular complexity index is 435. The van der Waals surface area contributed by atoms with E-state index in [1.54, 1.807) is 5.10 Å². The molecule has 0 spiro atoms. The minimum Gasteiger partial charge on any atom is -0.478 e. The number of H-pyrrole nitrogens is 1. The van der Waals surface area contributed by atoms with Crippen LogP contribution < -0.4 is 11.1 Å². The molecule has 1 unspecified atom stereocenters. The van der Waals surface area contributed by atoms with Gasteiger partial charge in [-0.3, -0.25) is 14.7 Å². The number of aromatic amines is 1. The van der Waals surface area contributed by atoms with E-state index in [2.05, 4.69) is 0 Å². The number of nitrogens with one attached hydrogen (secondary N) is 1. The zero-order chi connectivity index (χ0) is 10.0. The van der Waals surface area contributed by atoms with Crippen LogP contribution in [0.4, 0.5) is 4.39 Å². The Morgan fingerprint density at radius 2 is 2.15 bits per heavy atom. The molecule has 6 nitrogen and oxygen atoms in total. The molecule has 13 heavy (non-hydrogen) atoms. The molecule has 1 heterocycles. The smallest absolute Gasteiger partial charge is 0.361 e. The first-order valence-corrected chi connectivity index (χ1v) is 3.21. The number of carboxylic acid groups (broad SMARTS) is 1. The molecule has 1 aromatic heterocycles. The Balaban J connectivity index is 3.29. The lowest BCUT2D eigenvalue weighted by molar-refractivity contribution is -0.147. The molecular weight excluding hydrogens is 183 g/mol. The summed E-state index contributed by atoms with van der Waals surface area (Å²) in [5.41, 5.74) is -1.67. The standard InChI is InChI=1S/C6H5FN2O4/c7-5(6(12)13)9-4(11)2-1-3(10)8-9/h1-2,5H,(H,8,10)(H,12,13). The maximum atomic E-state index is 12.7. The van der Waals surface area contributed by atoms with E-state index in [1.165, 1.54) is 0 Å². The summed E-state index contributed by atoms with van der Waals surface area (Å²) in [6, 6.07) is 1.67. The molecule has 0 saturated heterocycles. The fourth-order valence-corrected chi connectivity index (χ4v) is 0.717. The van der Waals surface area contributed by atoms with Crippen molar-refractivity contribution in [2.75, 3.05) is 0 Å². The third kappa shape index (κ3) is 1.81. The number of hydrogen-bond donors (Lipinski definition) is 2. The van der Waals surface area contributed by atoms with E-state index in [4.69, 9.17) is 5.11 Å². The van der Waals surface area contributed by atoms with Crippen LogP contribution in [-0.2, 0) is 4.79 Å². The van der Waals surface area contributed by atoms with Gasteiger partial charge in [-0.1, -0.05) is 0 Å². The van der Waals surface area contributed by atoms with Crippen molar-refractivity contribution in [1.29, 1.82) is 0 Å². The molecule has 7 heteroatoms. The Hall–Kier alpha value is -1.92. The van der Waals surface area contributed by atoms with E-state index in [0.29, 0.717) is 0 Å². The largest absolute Gasteiger partial charge is 0.478 e. The zero-order valence-corrected chi connectivity index (χ0v) is 6.23. The first-order chi connectivity index (χ1) is 6.02. The summed E-state index contributed by atoms with van der Waals surface area (Å²) in [5, 5.41) is 9.94. The third-order valence-corrected chi connectivity index (χ3v) is 1.28. The van der Waals surface area contributed by atoms with Gasteiger partial charge in [0.1, 0.15) is 0 Å². The fourth-order valence-electron chi connectivity index (χ4n) is 0.717. The van der Waals surface area contributed by atoms with Gasteiger partial charge in [0.05, 0.1) is 0 Å². The van der Waals surface area contributed by atoms with E-state index in [-0.39, 0.29) is 4.68 Å². The minimum atomic E-state index is -2.57. The number of hydrogen-bond acceptors (Lipinski definition) is 3. The monoisotopic (exact) mass is 188 g/mol. The molecule has 1 atom stereocenters. The van der Waals surface area contributed by atoms with E-state index in [0.717, 1.165) is 12.1 Å². The highest BCUT2D eigenvalue weighted by Crippen LogP contribution is 2.00. The molecule has 0 saturated carbocycles. The molecule has 70 valence electrons. The van der Waals surface area contributed by atoms with Crippen molar-refractivity contribution < 1.29 is 14.3 Å². The molecule has 1 rings (SSSR count). The zero-order valence-electron chi connectivity index (χ0n) is 6.23. The fraction of sp³-hybridized carbons (Fsp3) is 0.167. The number of aromatic nitrogens is 2. The number of carbonyl (C=O) groups is 1. The van der Waals surface area contributed by atoms with Crippen LogP contribution in [0.25, 0.3) is 0 Å². The maximum absolute atomic E-state index is 12.7. The van der Waals surface area contributed by atoms with Gasteiger partial charge in [-0.2, -0.15) is 0 Å². The molecule has 0 bridgehead atoms. The van der Waals surface area contributed by atoms with Gasteiger partial charge >= 0.3 is 5.97 Å². The summed E-state index contributed by atoms with van der Waals surface area (Å²) in [5.74, 6) is -1.84. The van der Waals surface area contributed by atoms with Gasteiger partial charge in [-0.25, -0.2) is 13.9 Å². The van der Waals surface area contributed by atoms with Crippen molar-refractivity contribution in [1.82, 2.24) is 9.78 Å². The second-order valence-electron chi connectivity index (χ2n) is 2.19. The minimum absolute atomic E-state index is 0.102. The summed E-state index contributed by atoms with van der Waals surface area (Å²) >= 11 is 0. The quantitative estimate of drug-likeness (QED) is 0.628. The summed E-state index contributed by atoms with van der Waals surface area (Å²) in [6.45, 7) is 0. The maximum Gasteiger partial charge on any atom is 0.361 e. The number of alkyl halides is 1. The number of nitrogens with zero attached hydrogens (tertiary/aromatic N) is 1. The number of aliphatic carboxylic acids is 1. The van der Waals surface area contributed by atoms with Gasteiger partial charge in [0.25, 0.3) is 17.4 Å². The van der Waals surface area contributed by atoms with Crippen molar-refractivity contribution in [2.45, 2.75) is 6.30 Å². The van der Waals surface area contributed by atoms with Crippen LogP contribution in [0.1, 0.15) is 6.30 Å². The van der Waals surface area contributed by atoms with E-state index in [9.17, 15) is 18.8 Å². The summed E-state index contributed by atoms with van der Waals surface area (Å²) in [7, 11) is 0. The molecule has 0 aliphatic carbocycles. The Labute approximate surface area is 70.2 Å². The van der Waals surface area contributed by atoms with Crippen LogP contribution in [0.2, 0.25) is 0 Å². The van der Waals surface area contributed by atoms with Crippen molar-refractivity contribution in [3.05, 3.63) is 32.8 Å². The Morgan fingerprint density at radius 1 is 1.54 bits per heavy atom. The third-order valence-electron chi connectivity index (χ3n) is 1.28. The molecule has 0 aliphatic heterocycles. The van der Waals surface area contributed by atoms with Gasteiger partial charge in [0, 0.05) is 12.1 Å². The summed E-state index contributed by atoms with van der Waals surface area (Å²) < 4.78 is 12.8. The first-order valence-electron chi connectivity index (χ1n) is 3.21. The molecule has 0 fully saturated rings. The highest BCUT2D eigenvalue weighted by atomic mass is 19.1. The molecule has 0 aliphatic rings. The topological polar surface area (TPSA) is 92.2 Å².